The van der Waals surface area contributed by atoms with E-state index in [0.29, 0.717) is 6.42 Å². The summed E-state index contributed by atoms with van der Waals surface area (Å²) in [6.07, 6.45) is 3.10. The van der Waals surface area contributed by atoms with Gasteiger partial charge in [-0.25, -0.2) is 0 Å². The van der Waals surface area contributed by atoms with Crippen molar-refractivity contribution >= 4 is 5.97 Å². The fraction of sp³-hybridized carbons (Fsp3) is 0.417. The van der Waals surface area contributed by atoms with Crippen LogP contribution in [0.3, 0.4) is 0 Å². The van der Waals surface area contributed by atoms with Gasteiger partial charge in [0.25, 0.3) is 0 Å². The van der Waals surface area contributed by atoms with Crippen LogP contribution in [-0.4, -0.2) is 16.2 Å². The van der Waals surface area contributed by atoms with Gasteiger partial charge in [0.1, 0.15) is 5.75 Å². The van der Waals surface area contributed by atoms with Crippen molar-refractivity contribution in [3.05, 3.63) is 29.3 Å². The summed E-state index contributed by atoms with van der Waals surface area (Å²) in [6, 6.07) is 5.26. The third kappa shape index (κ3) is 2.12. The predicted molar refractivity (Wildman–Crippen MR) is 55.9 cm³/mol. The van der Waals surface area contributed by atoms with Gasteiger partial charge in [0.05, 0.1) is 5.92 Å². The van der Waals surface area contributed by atoms with Crippen molar-refractivity contribution in [2.75, 3.05) is 0 Å². The Labute approximate surface area is 88.4 Å². The fourth-order valence-electron chi connectivity index (χ4n) is 2.16. The molecular weight excluding hydrogens is 192 g/mol. The Morgan fingerprint density at radius 3 is 2.87 bits per heavy atom. The number of aromatic hydroxyl groups is 1. The van der Waals surface area contributed by atoms with Crippen LogP contribution in [0.1, 0.15) is 24.0 Å². The summed E-state index contributed by atoms with van der Waals surface area (Å²) in [5.41, 5.74) is 2.16. The molecule has 1 aliphatic rings. The maximum absolute atomic E-state index is 10.9. The molecule has 0 aromatic heterocycles. The van der Waals surface area contributed by atoms with E-state index in [1.807, 2.05) is 6.07 Å². The molecule has 1 unspecified atom stereocenters. The molecular formula is C12H14O3. The standard InChI is InChI=1S/C12H14O3/c13-11-5-4-8-2-1-3-9(12(14)15)6-10(8)7-11/h4-5,7,9,13H,1-3,6H2,(H,14,15). The second kappa shape index (κ2) is 3.93. The molecule has 3 heteroatoms. The van der Waals surface area contributed by atoms with E-state index in [9.17, 15) is 9.90 Å². The Kier molecular flexibility index (Phi) is 2.62. The first-order valence-corrected chi connectivity index (χ1v) is 5.20. The second-order valence-corrected chi connectivity index (χ2v) is 4.08. The maximum Gasteiger partial charge on any atom is 0.306 e. The van der Waals surface area contributed by atoms with E-state index in [2.05, 4.69) is 0 Å². The maximum atomic E-state index is 10.9. The number of carboxylic acids is 1. The average molecular weight is 206 g/mol. The van der Waals surface area contributed by atoms with Crippen LogP contribution < -0.4 is 0 Å². The van der Waals surface area contributed by atoms with Crippen LogP contribution in [0, 0.1) is 5.92 Å². The van der Waals surface area contributed by atoms with Gasteiger partial charge in [0.2, 0.25) is 0 Å². The van der Waals surface area contributed by atoms with E-state index in [1.54, 1.807) is 12.1 Å². The third-order valence-electron chi connectivity index (χ3n) is 3.00. The van der Waals surface area contributed by atoms with Gasteiger partial charge in [-0.3, -0.25) is 4.79 Å². The van der Waals surface area contributed by atoms with Crippen molar-refractivity contribution in [3.8, 4) is 5.75 Å². The van der Waals surface area contributed by atoms with E-state index >= 15 is 0 Å². The molecule has 80 valence electrons. The number of hydrogen-bond acceptors (Lipinski definition) is 2. The molecule has 0 spiro atoms. The minimum Gasteiger partial charge on any atom is -0.508 e. The van der Waals surface area contributed by atoms with E-state index in [4.69, 9.17) is 5.11 Å². The third-order valence-corrected chi connectivity index (χ3v) is 3.00. The molecule has 1 aromatic rings. The highest BCUT2D eigenvalue weighted by Crippen LogP contribution is 2.27. The topological polar surface area (TPSA) is 57.5 Å². The molecule has 1 aromatic carbocycles. The number of fused-ring (bicyclic) bond motifs is 1. The molecule has 2 rings (SSSR count). The zero-order valence-electron chi connectivity index (χ0n) is 8.44. The fourth-order valence-corrected chi connectivity index (χ4v) is 2.16. The minimum absolute atomic E-state index is 0.222. The van der Waals surface area contributed by atoms with Crippen LogP contribution in [-0.2, 0) is 17.6 Å². The molecule has 1 atom stereocenters. The van der Waals surface area contributed by atoms with Crippen molar-refractivity contribution in [1.29, 1.82) is 0 Å². The normalized spacial score (nSPS) is 20.4. The number of phenols is 1. The zero-order valence-corrected chi connectivity index (χ0v) is 8.44. The first-order valence-electron chi connectivity index (χ1n) is 5.20. The van der Waals surface area contributed by atoms with Gasteiger partial charge in [-0.05, 0) is 48.9 Å². The average Bonchev–Trinajstić information content (AvgIpc) is 2.39. The van der Waals surface area contributed by atoms with Crippen LogP contribution in [0.5, 0.6) is 5.75 Å². The molecule has 0 radical (unpaired) electrons. The number of carboxylic acid groups (broad SMARTS) is 1. The van der Waals surface area contributed by atoms with Crippen molar-refractivity contribution < 1.29 is 15.0 Å². The number of benzene rings is 1. The largest absolute Gasteiger partial charge is 0.508 e. The number of aryl methyl sites for hydroxylation is 1. The van der Waals surface area contributed by atoms with Crippen LogP contribution in [0.2, 0.25) is 0 Å². The van der Waals surface area contributed by atoms with E-state index < -0.39 is 5.97 Å². The zero-order chi connectivity index (χ0) is 10.8. The monoisotopic (exact) mass is 206 g/mol. The molecule has 2 N–H and O–H groups in total. The molecule has 1 aliphatic carbocycles. The molecule has 0 saturated heterocycles. The van der Waals surface area contributed by atoms with E-state index in [1.165, 1.54) is 5.56 Å². The number of phenolic OH excluding ortho intramolecular Hbond substituents is 1. The SMILES string of the molecule is O=C(O)C1CCCc2ccc(O)cc2C1. The quantitative estimate of drug-likeness (QED) is 0.691. The van der Waals surface area contributed by atoms with Crippen LogP contribution in [0.25, 0.3) is 0 Å². The van der Waals surface area contributed by atoms with Gasteiger partial charge in [-0.2, -0.15) is 0 Å². The van der Waals surface area contributed by atoms with E-state index in [0.717, 1.165) is 24.8 Å². The van der Waals surface area contributed by atoms with Crippen LogP contribution in [0.4, 0.5) is 0 Å². The van der Waals surface area contributed by atoms with E-state index in [-0.39, 0.29) is 11.7 Å². The molecule has 0 aliphatic heterocycles. The van der Waals surface area contributed by atoms with Gasteiger partial charge in [-0.15, -0.1) is 0 Å². The number of rotatable bonds is 1. The Morgan fingerprint density at radius 2 is 2.13 bits per heavy atom. The van der Waals surface area contributed by atoms with Crippen molar-refractivity contribution in [1.82, 2.24) is 0 Å². The van der Waals surface area contributed by atoms with Crippen LogP contribution >= 0.6 is 0 Å². The summed E-state index contributed by atoms with van der Waals surface area (Å²) in [7, 11) is 0. The Bertz CT molecular complexity index is 384. The van der Waals surface area contributed by atoms with Gasteiger partial charge in [-0.1, -0.05) is 6.07 Å². The summed E-state index contributed by atoms with van der Waals surface area (Å²) in [5.74, 6) is -0.806. The first kappa shape index (κ1) is 10.0. The summed E-state index contributed by atoms with van der Waals surface area (Å²) >= 11 is 0. The summed E-state index contributed by atoms with van der Waals surface area (Å²) in [4.78, 5) is 10.9. The molecule has 0 saturated carbocycles. The van der Waals surface area contributed by atoms with Crippen molar-refractivity contribution in [3.63, 3.8) is 0 Å². The smallest absolute Gasteiger partial charge is 0.306 e. The van der Waals surface area contributed by atoms with Crippen LogP contribution in [0.15, 0.2) is 18.2 Å². The molecule has 0 heterocycles. The molecule has 0 fully saturated rings. The van der Waals surface area contributed by atoms with Crippen molar-refractivity contribution in [2.45, 2.75) is 25.7 Å². The second-order valence-electron chi connectivity index (χ2n) is 4.08. The number of carbonyl (C=O) groups is 1. The van der Waals surface area contributed by atoms with Crippen molar-refractivity contribution in [2.24, 2.45) is 5.92 Å². The Hall–Kier alpha value is -1.51. The lowest BCUT2D eigenvalue weighted by atomic mass is 9.97. The summed E-state index contributed by atoms with van der Waals surface area (Å²) in [5, 5.41) is 18.4. The lowest BCUT2D eigenvalue weighted by molar-refractivity contribution is -0.141. The number of hydrogen-bond donors (Lipinski definition) is 2. The highest BCUT2D eigenvalue weighted by molar-refractivity contribution is 5.70. The molecule has 0 amide bonds. The predicted octanol–water partition coefficient (Wildman–Crippen LogP) is 1.97. The first-order chi connectivity index (χ1) is 7.16. The summed E-state index contributed by atoms with van der Waals surface area (Å²) in [6.45, 7) is 0. The number of aliphatic carboxylic acids is 1. The van der Waals surface area contributed by atoms with Gasteiger partial charge in [0.15, 0.2) is 0 Å². The minimum atomic E-state index is -0.730. The summed E-state index contributed by atoms with van der Waals surface area (Å²) < 4.78 is 0. The van der Waals surface area contributed by atoms with Gasteiger partial charge >= 0.3 is 5.97 Å². The Morgan fingerprint density at radius 1 is 1.33 bits per heavy atom. The molecule has 0 bridgehead atoms. The van der Waals surface area contributed by atoms with Gasteiger partial charge in [0, 0.05) is 0 Å². The molecule has 15 heavy (non-hydrogen) atoms. The molecule has 3 nitrogen and oxygen atoms in total. The van der Waals surface area contributed by atoms with Gasteiger partial charge < -0.3 is 10.2 Å². The highest BCUT2D eigenvalue weighted by Gasteiger charge is 2.22. The lowest BCUT2D eigenvalue weighted by Crippen LogP contribution is -2.15. The highest BCUT2D eigenvalue weighted by atomic mass is 16.4. The Balaban J connectivity index is 2.31. The lowest BCUT2D eigenvalue weighted by Gasteiger charge is -2.09.